The van der Waals surface area contributed by atoms with E-state index in [0.717, 1.165) is 0 Å². The van der Waals surface area contributed by atoms with Crippen LogP contribution in [-0.4, -0.2) is 24.3 Å². The Balaban J connectivity index is -0.000000180. The summed E-state index contributed by atoms with van der Waals surface area (Å²) in [5.74, 6) is -6.01. The van der Waals surface area contributed by atoms with Crippen LogP contribution in [0, 0.1) is 0 Å². The van der Waals surface area contributed by atoms with Crippen molar-refractivity contribution in [3.63, 3.8) is 0 Å². The second-order valence-corrected chi connectivity index (χ2v) is 1.57. The molecule has 0 saturated carbocycles. The topological polar surface area (TPSA) is 80.3 Å². The summed E-state index contributed by atoms with van der Waals surface area (Å²) in [6.45, 7) is 0. The first-order chi connectivity index (χ1) is 5.89. The molecule has 0 atom stereocenters. The van der Waals surface area contributed by atoms with E-state index in [-0.39, 0.29) is 19.5 Å². The molecule has 0 rings (SSSR count). The molecule has 0 spiro atoms. The van der Waals surface area contributed by atoms with Crippen molar-refractivity contribution in [2.75, 3.05) is 0 Å². The molecule has 0 aromatic heterocycles. The standard InChI is InChI=1S/2C2HF3O2.Ru/c2*3-2(4,5)1(6)7;/h2*(H,6,7);/q;;+2/p-2. The van der Waals surface area contributed by atoms with Crippen molar-refractivity contribution < 1.29 is 65.6 Å². The van der Waals surface area contributed by atoms with Crippen molar-refractivity contribution in [2.24, 2.45) is 0 Å². The summed E-state index contributed by atoms with van der Waals surface area (Å²) in [5, 5.41) is 17.6. The predicted molar refractivity (Wildman–Crippen MR) is 22.1 cm³/mol. The first-order valence-corrected chi connectivity index (χ1v) is 2.45. The maximum Gasteiger partial charge on any atom is 2.00 e. The fraction of sp³-hybridized carbons (Fsp3) is 0.500. The van der Waals surface area contributed by atoms with Gasteiger partial charge >= 0.3 is 31.8 Å². The van der Waals surface area contributed by atoms with E-state index in [1.54, 1.807) is 0 Å². The quantitative estimate of drug-likeness (QED) is 0.405. The zero-order chi connectivity index (χ0) is 12.2. The SMILES string of the molecule is O=C([O-])C(F)(F)F.O=C([O-])C(F)(F)F.[Ru+2]. The predicted octanol–water partition coefficient (Wildman–Crippen LogP) is -1.41. The summed E-state index contributed by atoms with van der Waals surface area (Å²) in [5.41, 5.74) is 0. The molecular formula is C4F6O4Ru. The molecule has 0 aliphatic heterocycles. The van der Waals surface area contributed by atoms with E-state index in [1.165, 1.54) is 0 Å². The number of carboxylic acids is 2. The van der Waals surface area contributed by atoms with Gasteiger partial charge in [-0.3, -0.25) is 0 Å². The Morgan fingerprint density at radius 1 is 0.733 bits per heavy atom. The third-order valence-corrected chi connectivity index (χ3v) is 0.463. The number of hydrogen-bond acceptors (Lipinski definition) is 4. The Morgan fingerprint density at radius 3 is 0.800 bits per heavy atom. The number of carbonyl (C=O) groups is 2. The van der Waals surface area contributed by atoms with Crippen LogP contribution in [-0.2, 0) is 29.1 Å². The van der Waals surface area contributed by atoms with Crippen LogP contribution < -0.4 is 10.2 Å². The third kappa shape index (κ3) is 13.1. The summed E-state index contributed by atoms with van der Waals surface area (Å²) in [6, 6.07) is 0. The van der Waals surface area contributed by atoms with Gasteiger partial charge in [-0.15, -0.1) is 0 Å². The van der Waals surface area contributed by atoms with Gasteiger partial charge in [-0.2, -0.15) is 26.3 Å². The minimum atomic E-state index is -5.19. The zero-order valence-electron chi connectivity index (χ0n) is 6.25. The molecular weight excluding hydrogens is 327 g/mol. The summed E-state index contributed by atoms with van der Waals surface area (Å²) >= 11 is 0. The molecule has 0 fully saturated rings. The van der Waals surface area contributed by atoms with E-state index >= 15 is 0 Å². The molecule has 0 N–H and O–H groups in total. The number of halogens is 6. The average molecular weight is 327 g/mol. The largest absolute Gasteiger partial charge is 2.00 e. The minimum Gasteiger partial charge on any atom is -0.542 e. The van der Waals surface area contributed by atoms with E-state index in [9.17, 15) is 26.3 Å². The average Bonchev–Trinajstić information content (AvgIpc) is 1.83. The first-order valence-electron chi connectivity index (χ1n) is 2.45. The van der Waals surface area contributed by atoms with Gasteiger partial charge in [0.25, 0.3) is 0 Å². The van der Waals surface area contributed by atoms with E-state index < -0.39 is 24.3 Å². The van der Waals surface area contributed by atoms with E-state index in [1.807, 2.05) is 0 Å². The summed E-state index contributed by atoms with van der Waals surface area (Å²) < 4.78 is 63.1. The van der Waals surface area contributed by atoms with Crippen LogP contribution in [0.15, 0.2) is 0 Å². The van der Waals surface area contributed by atoms with Crippen LogP contribution in [0.2, 0.25) is 0 Å². The molecule has 90 valence electrons. The van der Waals surface area contributed by atoms with Gasteiger partial charge in [0.1, 0.15) is 11.9 Å². The maximum absolute atomic E-state index is 10.5. The Kier molecular flexibility index (Phi) is 8.65. The fourth-order valence-electron chi connectivity index (χ4n) is 0. The normalized spacial score (nSPS) is 10.5. The fourth-order valence-corrected chi connectivity index (χ4v) is 0. The first kappa shape index (κ1) is 19.7. The van der Waals surface area contributed by atoms with E-state index in [2.05, 4.69) is 0 Å². The molecule has 0 bridgehead atoms. The molecule has 0 aromatic carbocycles. The van der Waals surface area contributed by atoms with Crippen LogP contribution in [0.4, 0.5) is 26.3 Å². The number of carbonyl (C=O) groups excluding carboxylic acids is 2. The van der Waals surface area contributed by atoms with Crippen LogP contribution >= 0.6 is 0 Å². The molecule has 0 aliphatic rings. The number of aliphatic carboxylic acids is 2. The Labute approximate surface area is 90.6 Å². The maximum atomic E-state index is 10.5. The second-order valence-electron chi connectivity index (χ2n) is 1.57. The van der Waals surface area contributed by atoms with Gasteiger partial charge in [0.15, 0.2) is 0 Å². The molecule has 0 heterocycles. The molecule has 15 heavy (non-hydrogen) atoms. The second kappa shape index (κ2) is 6.59. The molecule has 0 radical (unpaired) electrons. The third-order valence-electron chi connectivity index (χ3n) is 0.463. The summed E-state index contributed by atoms with van der Waals surface area (Å²) in [4.78, 5) is 17.6. The van der Waals surface area contributed by atoms with Gasteiger partial charge in [-0.25, -0.2) is 0 Å². The molecule has 0 saturated heterocycles. The number of alkyl halides is 6. The van der Waals surface area contributed by atoms with Crippen molar-refractivity contribution in [3.8, 4) is 0 Å². The van der Waals surface area contributed by atoms with Crippen LogP contribution in [0.1, 0.15) is 0 Å². The van der Waals surface area contributed by atoms with Gasteiger partial charge in [-0.1, -0.05) is 0 Å². The number of hydrogen-bond donors (Lipinski definition) is 0. The Morgan fingerprint density at radius 2 is 0.800 bits per heavy atom. The van der Waals surface area contributed by atoms with Gasteiger partial charge in [0.05, 0.1) is 0 Å². The zero-order valence-corrected chi connectivity index (χ0v) is 7.99. The summed E-state index contributed by atoms with van der Waals surface area (Å²) in [7, 11) is 0. The molecule has 0 aromatic rings. The smallest absolute Gasteiger partial charge is 0.542 e. The minimum absolute atomic E-state index is 0. The van der Waals surface area contributed by atoms with Crippen molar-refractivity contribution in [1.82, 2.24) is 0 Å². The van der Waals surface area contributed by atoms with Crippen molar-refractivity contribution in [1.29, 1.82) is 0 Å². The molecule has 4 nitrogen and oxygen atoms in total. The van der Waals surface area contributed by atoms with Gasteiger partial charge in [-0.05, 0) is 0 Å². The number of carboxylic acid groups (broad SMARTS) is 2. The van der Waals surface area contributed by atoms with Gasteiger partial charge in [0, 0.05) is 0 Å². The van der Waals surface area contributed by atoms with Crippen LogP contribution in [0.25, 0.3) is 0 Å². The van der Waals surface area contributed by atoms with Crippen molar-refractivity contribution >= 4 is 11.9 Å². The summed E-state index contributed by atoms with van der Waals surface area (Å²) in [6.07, 6.45) is -10.4. The van der Waals surface area contributed by atoms with E-state index in [4.69, 9.17) is 19.8 Å². The molecule has 0 unspecified atom stereocenters. The van der Waals surface area contributed by atoms with Crippen molar-refractivity contribution in [3.05, 3.63) is 0 Å². The van der Waals surface area contributed by atoms with Crippen LogP contribution in [0.5, 0.6) is 0 Å². The Hall–Kier alpha value is -0.857. The van der Waals surface area contributed by atoms with Gasteiger partial charge < -0.3 is 19.8 Å². The molecule has 0 amide bonds. The van der Waals surface area contributed by atoms with E-state index in [0.29, 0.717) is 0 Å². The molecule has 11 heteroatoms. The Bertz CT molecular complexity index is 196. The van der Waals surface area contributed by atoms with Gasteiger partial charge in [0.2, 0.25) is 0 Å². The molecule has 0 aliphatic carbocycles. The monoisotopic (exact) mass is 328 g/mol. The number of rotatable bonds is 0. The van der Waals surface area contributed by atoms with Crippen LogP contribution in [0.3, 0.4) is 0 Å². The van der Waals surface area contributed by atoms with Crippen molar-refractivity contribution in [2.45, 2.75) is 12.4 Å².